The summed E-state index contributed by atoms with van der Waals surface area (Å²) in [6.45, 7) is 0. The highest BCUT2D eigenvalue weighted by Crippen LogP contribution is 2.41. The van der Waals surface area contributed by atoms with Crippen molar-refractivity contribution in [2.75, 3.05) is 0 Å². The van der Waals surface area contributed by atoms with E-state index in [0.29, 0.717) is 5.82 Å². The first-order chi connectivity index (χ1) is 27.8. The van der Waals surface area contributed by atoms with E-state index in [1.807, 2.05) is 24.3 Å². The molecule has 11 rings (SSSR count). The normalized spacial score (nSPS) is 11.6. The summed E-state index contributed by atoms with van der Waals surface area (Å²) in [6, 6.07) is 73.2. The van der Waals surface area contributed by atoms with Crippen LogP contribution in [0.4, 0.5) is 0 Å². The summed E-state index contributed by atoms with van der Waals surface area (Å²) >= 11 is 0. The van der Waals surface area contributed by atoms with Crippen LogP contribution >= 0.6 is 0 Å². The summed E-state index contributed by atoms with van der Waals surface area (Å²) in [6.07, 6.45) is 0. The first kappa shape index (κ1) is 31.9. The van der Waals surface area contributed by atoms with Gasteiger partial charge in [-0.3, -0.25) is 0 Å². The molecular weight excluding hydrogens is 681 g/mol. The van der Waals surface area contributed by atoms with Crippen molar-refractivity contribution >= 4 is 43.6 Å². The van der Waals surface area contributed by atoms with Crippen molar-refractivity contribution in [2.45, 2.75) is 0 Å². The van der Waals surface area contributed by atoms with E-state index in [1.54, 1.807) is 0 Å². The number of fused-ring (bicyclic) bond motifs is 6. The maximum absolute atomic E-state index is 5.20. The number of nitrogens with zero attached hydrogens (tertiary/aromatic N) is 4. The molecule has 4 heteroatoms. The van der Waals surface area contributed by atoms with Gasteiger partial charge >= 0.3 is 0 Å². The maximum atomic E-state index is 5.20. The topological polar surface area (TPSA) is 35.6 Å². The molecule has 8 aromatic carbocycles. The van der Waals surface area contributed by atoms with E-state index in [-0.39, 0.29) is 0 Å². The molecule has 262 valence electrons. The number of hydrogen-bond donors (Lipinski definition) is 0. The Kier molecular flexibility index (Phi) is 7.46. The zero-order valence-electron chi connectivity index (χ0n) is 30.4. The lowest BCUT2D eigenvalue weighted by Crippen LogP contribution is -1.98. The van der Waals surface area contributed by atoms with Crippen LogP contribution in [0.2, 0.25) is 0 Å². The minimum absolute atomic E-state index is 0.704. The van der Waals surface area contributed by atoms with Gasteiger partial charge < -0.3 is 9.13 Å². The Morgan fingerprint density at radius 1 is 0.286 bits per heavy atom. The standard InChI is InChI=1S/C52H34N4/c1-4-17-35(18-5-1)46-34-47(54-52(53-46)36-19-6-2-7-20-36)41-26-11-10-25-40(41)37-21-16-24-39(31-37)56-49-30-15-13-28-43(49)45-32-50-44(33-51(45)56)42-27-12-14-29-48(42)55(50)38-22-8-3-9-23-38/h1-34H. The van der Waals surface area contributed by atoms with E-state index < -0.39 is 0 Å². The SMILES string of the molecule is c1ccc(-c2cc(-c3ccccc3-c3cccc(-n4c5ccccc5c5cc6c(cc54)c4ccccc4n6-c4ccccc4)c3)nc(-c3ccccc3)n2)cc1. The lowest BCUT2D eigenvalue weighted by molar-refractivity contribution is 1.17. The molecule has 0 fully saturated rings. The molecule has 4 nitrogen and oxygen atoms in total. The number of para-hydroxylation sites is 3. The molecular formula is C52H34N4. The van der Waals surface area contributed by atoms with Crippen LogP contribution < -0.4 is 0 Å². The summed E-state index contributed by atoms with van der Waals surface area (Å²) in [5.74, 6) is 0.704. The Balaban J connectivity index is 1.11. The van der Waals surface area contributed by atoms with Gasteiger partial charge in [-0.1, -0.05) is 152 Å². The van der Waals surface area contributed by atoms with E-state index in [0.717, 1.165) is 50.6 Å². The zero-order chi connectivity index (χ0) is 37.0. The molecule has 0 unspecified atom stereocenters. The van der Waals surface area contributed by atoms with Crippen molar-refractivity contribution in [3.05, 3.63) is 206 Å². The lowest BCUT2D eigenvalue weighted by atomic mass is 9.96. The average Bonchev–Trinajstić information content (AvgIpc) is 3.78. The molecule has 11 aromatic rings. The molecule has 56 heavy (non-hydrogen) atoms. The molecule has 0 spiro atoms. The smallest absolute Gasteiger partial charge is 0.160 e. The molecule has 0 radical (unpaired) electrons. The number of benzene rings is 8. The van der Waals surface area contributed by atoms with Crippen molar-refractivity contribution < 1.29 is 0 Å². The summed E-state index contributed by atoms with van der Waals surface area (Å²) in [7, 11) is 0. The van der Waals surface area contributed by atoms with Gasteiger partial charge in [-0.2, -0.15) is 0 Å². The molecule has 0 atom stereocenters. The van der Waals surface area contributed by atoms with Crippen molar-refractivity contribution in [3.63, 3.8) is 0 Å². The van der Waals surface area contributed by atoms with Gasteiger partial charge in [0.15, 0.2) is 5.82 Å². The van der Waals surface area contributed by atoms with Crippen molar-refractivity contribution in [1.29, 1.82) is 0 Å². The van der Waals surface area contributed by atoms with Crippen molar-refractivity contribution in [3.8, 4) is 56.4 Å². The molecule has 0 amide bonds. The van der Waals surface area contributed by atoms with Gasteiger partial charge in [0.2, 0.25) is 0 Å². The van der Waals surface area contributed by atoms with Crippen molar-refractivity contribution in [2.24, 2.45) is 0 Å². The Morgan fingerprint density at radius 2 is 0.768 bits per heavy atom. The van der Waals surface area contributed by atoms with Crippen LogP contribution in [-0.2, 0) is 0 Å². The molecule has 0 aliphatic carbocycles. The van der Waals surface area contributed by atoms with E-state index in [4.69, 9.17) is 9.97 Å². The Morgan fingerprint density at radius 3 is 1.43 bits per heavy atom. The second kappa shape index (κ2) is 13.1. The van der Waals surface area contributed by atoms with Gasteiger partial charge in [-0.25, -0.2) is 9.97 Å². The third kappa shape index (κ3) is 5.23. The fraction of sp³-hybridized carbons (Fsp3) is 0. The fourth-order valence-corrected chi connectivity index (χ4v) is 8.39. The lowest BCUT2D eigenvalue weighted by Gasteiger charge is -2.15. The average molecular weight is 715 g/mol. The van der Waals surface area contributed by atoms with Crippen LogP contribution in [0.5, 0.6) is 0 Å². The number of aromatic nitrogens is 4. The van der Waals surface area contributed by atoms with Gasteiger partial charge in [-0.15, -0.1) is 0 Å². The highest BCUT2D eigenvalue weighted by atomic mass is 15.0. The van der Waals surface area contributed by atoms with Crippen LogP contribution in [0.25, 0.3) is 100 Å². The summed E-state index contributed by atoms with van der Waals surface area (Å²) < 4.78 is 4.82. The maximum Gasteiger partial charge on any atom is 0.160 e. The first-order valence-electron chi connectivity index (χ1n) is 19.0. The van der Waals surface area contributed by atoms with Crippen molar-refractivity contribution in [1.82, 2.24) is 19.1 Å². The highest BCUT2D eigenvalue weighted by molar-refractivity contribution is 6.19. The number of rotatable bonds is 6. The van der Waals surface area contributed by atoms with Gasteiger partial charge in [-0.05, 0) is 65.7 Å². The molecule has 3 aromatic heterocycles. The first-order valence-corrected chi connectivity index (χ1v) is 19.0. The van der Waals surface area contributed by atoms with Gasteiger partial charge in [0, 0.05) is 49.6 Å². The second-order valence-electron chi connectivity index (χ2n) is 14.2. The molecule has 0 aliphatic rings. The van der Waals surface area contributed by atoms with E-state index in [9.17, 15) is 0 Å². The third-order valence-electron chi connectivity index (χ3n) is 10.9. The quantitative estimate of drug-likeness (QED) is 0.172. The predicted molar refractivity (Wildman–Crippen MR) is 232 cm³/mol. The monoisotopic (exact) mass is 714 g/mol. The van der Waals surface area contributed by atoms with Crippen LogP contribution in [0.15, 0.2) is 206 Å². The van der Waals surface area contributed by atoms with Crippen LogP contribution in [-0.4, -0.2) is 19.1 Å². The summed E-state index contributed by atoms with van der Waals surface area (Å²) in [5, 5.41) is 4.92. The largest absolute Gasteiger partial charge is 0.309 e. The molecule has 0 saturated carbocycles. The minimum atomic E-state index is 0.704. The Labute approximate surface area is 324 Å². The third-order valence-corrected chi connectivity index (χ3v) is 10.9. The highest BCUT2D eigenvalue weighted by Gasteiger charge is 2.19. The fourth-order valence-electron chi connectivity index (χ4n) is 8.39. The van der Waals surface area contributed by atoms with Gasteiger partial charge in [0.25, 0.3) is 0 Å². The van der Waals surface area contributed by atoms with E-state index >= 15 is 0 Å². The zero-order valence-corrected chi connectivity index (χ0v) is 30.4. The molecule has 3 heterocycles. The summed E-state index contributed by atoms with van der Waals surface area (Å²) in [4.78, 5) is 10.2. The predicted octanol–water partition coefficient (Wildman–Crippen LogP) is 13.3. The molecule has 0 bridgehead atoms. The van der Waals surface area contributed by atoms with Gasteiger partial charge in [0.1, 0.15) is 0 Å². The van der Waals surface area contributed by atoms with Crippen LogP contribution in [0, 0.1) is 0 Å². The minimum Gasteiger partial charge on any atom is -0.309 e. The second-order valence-corrected chi connectivity index (χ2v) is 14.2. The van der Waals surface area contributed by atoms with Crippen LogP contribution in [0.1, 0.15) is 0 Å². The number of hydrogen-bond acceptors (Lipinski definition) is 2. The summed E-state index contributed by atoms with van der Waals surface area (Å²) in [5.41, 5.74) is 14.1. The molecule has 0 saturated heterocycles. The van der Waals surface area contributed by atoms with E-state index in [2.05, 4.69) is 191 Å². The van der Waals surface area contributed by atoms with Crippen LogP contribution in [0.3, 0.4) is 0 Å². The van der Waals surface area contributed by atoms with Gasteiger partial charge in [0.05, 0.1) is 33.5 Å². The van der Waals surface area contributed by atoms with E-state index in [1.165, 1.54) is 43.6 Å². The molecule has 0 N–H and O–H groups in total. The Hall–Kier alpha value is -7.56. The molecule has 0 aliphatic heterocycles. The Bertz CT molecular complexity index is 3170.